The molecule has 1 atom stereocenters. The Balaban J connectivity index is 0.00000225. The first-order valence-electron chi connectivity index (χ1n) is 8.12. The van der Waals surface area contributed by atoms with Crippen LogP contribution < -0.4 is 10.1 Å². The van der Waals surface area contributed by atoms with Crippen LogP contribution in [0.4, 0.5) is 0 Å². The SMILES string of the molecule is C[C@@H]1CNCCN1C(=O)c1cccc(OCc2cccc(Cl)c2)c1.Cl. The van der Waals surface area contributed by atoms with E-state index in [-0.39, 0.29) is 24.4 Å². The number of piperazine rings is 1. The van der Waals surface area contributed by atoms with Gasteiger partial charge in [0.2, 0.25) is 0 Å². The number of carbonyl (C=O) groups is 1. The monoisotopic (exact) mass is 380 g/mol. The van der Waals surface area contributed by atoms with Crippen molar-refractivity contribution >= 4 is 29.9 Å². The van der Waals surface area contributed by atoms with Crippen molar-refractivity contribution in [1.29, 1.82) is 0 Å². The molecule has 0 aliphatic carbocycles. The van der Waals surface area contributed by atoms with E-state index in [4.69, 9.17) is 16.3 Å². The first-order chi connectivity index (χ1) is 11.6. The van der Waals surface area contributed by atoms with Gasteiger partial charge in [-0.2, -0.15) is 0 Å². The fraction of sp³-hybridized carbons (Fsp3) is 0.316. The molecule has 134 valence electrons. The number of amides is 1. The molecule has 0 aromatic heterocycles. The second-order valence-electron chi connectivity index (χ2n) is 6.00. The standard InChI is InChI=1S/C19H21ClN2O2.ClH/c1-14-12-21-8-9-22(14)19(23)16-5-3-7-18(11-16)24-13-15-4-2-6-17(20)10-15;/h2-7,10-11,14,21H,8-9,12-13H2,1H3;1H/t14-;/m1./s1. The third-order valence-corrected chi connectivity index (χ3v) is 4.37. The molecule has 0 saturated carbocycles. The summed E-state index contributed by atoms with van der Waals surface area (Å²) in [5, 5.41) is 3.98. The quantitative estimate of drug-likeness (QED) is 0.877. The van der Waals surface area contributed by atoms with E-state index in [1.54, 1.807) is 0 Å². The Kier molecular flexibility index (Phi) is 7.12. The topological polar surface area (TPSA) is 41.6 Å². The summed E-state index contributed by atoms with van der Waals surface area (Å²) in [6.45, 7) is 4.87. The highest BCUT2D eigenvalue weighted by atomic mass is 35.5. The first kappa shape index (κ1) is 19.6. The zero-order chi connectivity index (χ0) is 16.9. The summed E-state index contributed by atoms with van der Waals surface area (Å²) in [4.78, 5) is 14.6. The van der Waals surface area contributed by atoms with E-state index in [1.165, 1.54) is 0 Å². The van der Waals surface area contributed by atoms with Crippen LogP contribution in [-0.4, -0.2) is 36.5 Å². The molecule has 6 heteroatoms. The second-order valence-corrected chi connectivity index (χ2v) is 6.43. The fourth-order valence-corrected chi connectivity index (χ4v) is 3.03. The van der Waals surface area contributed by atoms with Gasteiger partial charge in [0.05, 0.1) is 0 Å². The van der Waals surface area contributed by atoms with E-state index >= 15 is 0 Å². The minimum atomic E-state index is 0. The molecule has 0 unspecified atom stereocenters. The highest BCUT2D eigenvalue weighted by Crippen LogP contribution is 2.19. The molecule has 1 heterocycles. The highest BCUT2D eigenvalue weighted by Gasteiger charge is 2.24. The molecule has 4 nitrogen and oxygen atoms in total. The minimum absolute atomic E-state index is 0. The summed E-state index contributed by atoms with van der Waals surface area (Å²) >= 11 is 5.98. The molecule has 1 fully saturated rings. The van der Waals surface area contributed by atoms with Gasteiger partial charge in [0, 0.05) is 36.3 Å². The second kappa shape index (κ2) is 9.09. The Morgan fingerprint density at radius 3 is 2.84 bits per heavy atom. The van der Waals surface area contributed by atoms with E-state index < -0.39 is 0 Å². The third-order valence-electron chi connectivity index (χ3n) is 4.14. The largest absolute Gasteiger partial charge is 0.489 e. The lowest BCUT2D eigenvalue weighted by atomic mass is 10.1. The summed E-state index contributed by atoms with van der Waals surface area (Å²) in [6.07, 6.45) is 0. The minimum Gasteiger partial charge on any atom is -0.489 e. The van der Waals surface area contributed by atoms with Crippen molar-refractivity contribution in [2.75, 3.05) is 19.6 Å². The summed E-state index contributed by atoms with van der Waals surface area (Å²) in [5.74, 6) is 0.737. The number of halogens is 2. The van der Waals surface area contributed by atoms with Gasteiger partial charge in [-0.3, -0.25) is 4.79 Å². The smallest absolute Gasteiger partial charge is 0.254 e. The van der Waals surface area contributed by atoms with Gasteiger partial charge in [-0.05, 0) is 42.8 Å². The summed E-state index contributed by atoms with van der Waals surface area (Å²) in [5.41, 5.74) is 1.65. The zero-order valence-corrected chi connectivity index (χ0v) is 15.6. The molecule has 0 radical (unpaired) electrons. The molecule has 2 aromatic carbocycles. The molecule has 25 heavy (non-hydrogen) atoms. The maximum absolute atomic E-state index is 12.7. The summed E-state index contributed by atoms with van der Waals surface area (Å²) < 4.78 is 5.81. The van der Waals surface area contributed by atoms with Crippen LogP contribution in [0.2, 0.25) is 5.02 Å². The molecule has 1 amide bonds. The van der Waals surface area contributed by atoms with Crippen molar-refractivity contribution in [2.24, 2.45) is 0 Å². The summed E-state index contributed by atoms with van der Waals surface area (Å²) in [7, 11) is 0. The lowest BCUT2D eigenvalue weighted by molar-refractivity contribution is 0.0655. The first-order valence-corrected chi connectivity index (χ1v) is 8.50. The van der Waals surface area contributed by atoms with Gasteiger partial charge >= 0.3 is 0 Å². The van der Waals surface area contributed by atoms with E-state index in [2.05, 4.69) is 12.2 Å². The fourth-order valence-electron chi connectivity index (χ4n) is 2.82. The van der Waals surface area contributed by atoms with Crippen LogP contribution in [0.5, 0.6) is 5.75 Å². The maximum atomic E-state index is 12.7. The van der Waals surface area contributed by atoms with Crippen molar-refractivity contribution < 1.29 is 9.53 Å². The molecule has 3 rings (SSSR count). The molecule has 0 spiro atoms. The molecular weight excluding hydrogens is 359 g/mol. The summed E-state index contributed by atoms with van der Waals surface area (Å²) in [6, 6.07) is 15.1. The van der Waals surface area contributed by atoms with Crippen molar-refractivity contribution in [3.63, 3.8) is 0 Å². The van der Waals surface area contributed by atoms with E-state index in [9.17, 15) is 4.79 Å². The normalized spacial score (nSPS) is 16.9. The van der Waals surface area contributed by atoms with Gasteiger partial charge in [-0.1, -0.05) is 29.8 Å². The van der Waals surface area contributed by atoms with Gasteiger partial charge in [0.15, 0.2) is 0 Å². The van der Waals surface area contributed by atoms with Crippen molar-refractivity contribution in [2.45, 2.75) is 19.6 Å². The van der Waals surface area contributed by atoms with Gasteiger partial charge in [-0.15, -0.1) is 12.4 Å². The van der Waals surface area contributed by atoms with Crippen molar-refractivity contribution in [3.05, 3.63) is 64.7 Å². The number of nitrogens with one attached hydrogen (secondary N) is 1. The van der Waals surface area contributed by atoms with Crippen LogP contribution in [0.3, 0.4) is 0 Å². The van der Waals surface area contributed by atoms with Crippen molar-refractivity contribution in [1.82, 2.24) is 10.2 Å². The Bertz CT molecular complexity index is 724. The molecular formula is C19H22Cl2N2O2. The number of carbonyl (C=O) groups excluding carboxylic acids is 1. The molecule has 1 saturated heterocycles. The lowest BCUT2D eigenvalue weighted by Gasteiger charge is -2.34. The average Bonchev–Trinajstić information content (AvgIpc) is 2.60. The maximum Gasteiger partial charge on any atom is 0.254 e. The van der Waals surface area contributed by atoms with Crippen LogP contribution in [0.15, 0.2) is 48.5 Å². The Labute approximate surface area is 159 Å². The number of benzene rings is 2. The Morgan fingerprint density at radius 1 is 1.28 bits per heavy atom. The van der Waals surface area contributed by atoms with Crippen LogP contribution in [0.25, 0.3) is 0 Å². The van der Waals surface area contributed by atoms with Crippen molar-refractivity contribution in [3.8, 4) is 5.75 Å². The number of ether oxygens (including phenoxy) is 1. The van der Waals surface area contributed by atoms with Crippen LogP contribution >= 0.6 is 24.0 Å². The van der Waals surface area contributed by atoms with E-state index in [0.717, 1.165) is 25.2 Å². The van der Waals surface area contributed by atoms with Crippen LogP contribution in [0.1, 0.15) is 22.8 Å². The molecule has 1 N–H and O–H groups in total. The number of hydrogen-bond donors (Lipinski definition) is 1. The predicted molar refractivity (Wildman–Crippen MR) is 103 cm³/mol. The lowest BCUT2D eigenvalue weighted by Crippen LogP contribution is -2.52. The van der Waals surface area contributed by atoms with E-state index in [1.807, 2.05) is 53.4 Å². The zero-order valence-electron chi connectivity index (χ0n) is 14.1. The van der Waals surface area contributed by atoms with Crippen LogP contribution in [0, 0.1) is 0 Å². The third kappa shape index (κ3) is 5.11. The number of hydrogen-bond acceptors (Lipinski definition) is 3. The predicted octanol–water partition coefficient (Wildman–Crippen LogP) is 3.77. The van der Waals surface area contributed by atoms with Gasteiger partial charge in [0.25, 0.3) is 5.91 Å². The molecule has 2 aromatic rings. The molecule has 1 aliphatic rings. The van der Waals surface area contributed by atoms with Crippen LogP contribution in [-0.2, 0) is 6.61 Å². The Hall–Kier alpha value is -1.75. The molecule has 0 bridgehead atoms. The van der Waals surface area contributed by atoms with Gasteiger partial charge in [-0.25, -0.2) is 0 Å². The van der Waals surface area contributed by atoms with E-state index in [0.29, 0.717) is 22.9 Å². The van der Waals surface area contributed by atoms with Gasteiger partial charge in [0.1, 0.15) is 12.4 Å². The highest BCUT2D eigenvalue weighted by molar-refractivity contribution is 6.30. The number of nitrogens with zero attached hydrogens (tertiary/aromatic N) is 1. The van der Waals surface area contributed by atoms with Gasteiger partial charge < -0.3 is 15.0 Å². The average molecular weight is 381 g/mol. The number of rotatable bonds is 4. The Morgan fingerprint density at radius 2 is 2.08 bits per heavy atom. The molecule has 1 aliphatic heterocycles.